The number of carboxylic acid groups (broad SMARTS) is 1. The summed E-state index contributed by atoms with van der Waals surface area (Å²) in [5, 5.41) is 12.8. The molecule has 0 aliphatic heterocycles. The number of aryl methyl sites for hydroxylation is 2. The summed E-state index contributed by atoms with van der Waals surface area (Å²) in [6.45, 7) is 3.92. The molecule has 5 heteroatoms. The number of aromatic carboxylic acids is 1. The standard InChI is InChI=1S/C12H12N2O2S/c1-7-8(2)17-12(13-7)14-10-6-4-3-5-9(10)11(15)16/h3-6H,1-2H3,(H,13,14)(H,15,16). The zero-order valence-corrected chi connectivity index (χ0v) is 10.3. The maximum atomic E-state index is 11.0. The molecule has 0 saturated carbocycles. The van der Waals surface area contributed by atoms with E-state index in [1.165, 1.54) is 11.3 Å². The Morgan fingerprint density at radius 3 is 2.65 bits per heavy atom. The van der Waals surface area contributed by atoms with Crippen LogP contribution in [-0.4, -0.2) is 16.1 Å². The summed E-state index contributed by atoms with van der Waals surface area (Å²) in [4.78, 5) is 16.5. The molecule has 0 saturated heterocycles. The molecule has 1 heterocycles. The van der Waals surface area contributed by atoms with E-state index in [1.54, 1.807) is 24.3 Å². The van der Waals surface area contributed by atoms with Crippen LogP contribution in [0.3, 0.4) is 0 Å². The van der Waals surface area contributed by atoms with Crippen molar-refractivity contribution in [2.45, 2.75) is 13.8 Å². The molecule has 0 aliphatic carbocycles. The van der Waals surface area contributed by atoms with E-state index in [-0.39, 0.29) is 5.56 Å². The van der Waals surface area contributed by atoms with E-state index in [9.17, 15) is 4.79 Å². The number of aromatic nitrogens is 1. The van der Waals surface area contributed by atoms with Crippen LogP contribution in [0.25, 0.3) is 0 Å². The van der Waals surface area contributed by atoms with Crippen molar-refractivity contribution in [2.24, 2.45) is 0 Å². The Bertz CT molecular complexity index is 544. The number of rotatable bonds is 3. The molecule has 0 amide bonds. The predicted octanol–water partition coefficient (Wildman–Crippen LogP) is 3.20. The molecule has 2 aromatic rings. The number of nitrogens with zero attached hydrogens (tertiary/aromatic N) is 1. The van der Waals surface area contributed by atoms with E-state index in [1.807, 2.05) is 13.8 Å². The molecule has 0 aliphatic rings. The van der Waals surface area contributed by atoms with Crippen molar-refractivity contribution in [3.05, 3.63) is 40.4 Å². The summed E-state index contributed by atoms with van der Waals surface area (Å²) >= 11 is 1.51. The van der Waals surface area contributed by atoms with Crippen LogP contribution in [-0.2, 0) is 0 Å². The number of hydrogen-bond acceptors (Lipinski definition) is 4. The highest BCUT2D eigenvalue weighted by atomic mass is 32.1. The van der Waals surface area contributed by atoms with Gasteiger partial charge in [0, 0.05) is 4.88 Å². The zero-order chi connectivity index (χ0) is 12.4. The van der Waals surface area contributed by atoms with Gasteiger partial charge in [-0.2, -0.15) is 0 Å². The van der Waals surface area contributed by atoms with Crippen molar-refractivity contribution in [3.8, 4) is 0 Å². The first-order chi connectivity index (χ1) is 8.08. The first-order valence-electron chi connectivity index (χ1n) is 5.11. The number of anilines is 2. The molecule has 17 heavy (non-hydrogen) atoms. The number of thiazole rings is 1. The summed E-state index contributed by atoms with van der Waals surface area (Å²) in [6.07, 6.45) is 0. The first-order valence-corrected chi connectivity index (χ1v) is 5.93. The lowest BCUT2D eigenvalue weighted by Gasteiger charge is -2.05. The number of carboxylic acids is 1. The van der Waals surface area contributed by atoms with Crippen LogP contribution < -0.4 is 5.32 Å². The lowest BCUT2D eigenvalue weighted by atomic mass is 10.2. The largest absolute Gasteiger partial charge is 0.478 e. The van der Waals surface area contributed by atoms with Gasteiger partial charge in [0.2, 0.25) is 0 Å². The van der Waals surface area contributed by atoms with Crippen LogP contribution in [0.1, 0.15) is 20.9 Å². The third-order valence-electron chi connectivity index (χ3n) is 2.43. The van der Waals surface area contributed by atoms with Crippen LogP contribution >= 0.6 is 11.3 Å². The summed E-state index contributed by atoms with van der Waals surface area (Å²) in [7, 11) is 0. The zero-order valence-electron chi connectivity index (χ0n) is 9.52. The molecule has 1 aromatic carbocycles. The van der Waals surface area contributed by atoms with Gasteiger partial charge in [-0.1, -0.05) is 12.1 Å². The summed E-state index contributed by atoms with van der Waals surface area (Å²) < 4.78 is 0. The molecule has 4 nitrogen and oxygen atoms in total. The molecule has 0 radical (unpaired) electrons. The van der Waals surface area contributed by atoms with Gasteiger partial charge in [-0.25, -0.2) is 9.78 Å². The second-order valence-electron chi connectivity index (χ2n) is 3.64. The number of benzene rings is 1. The highest BCUT2D eigenvalue weighted by molar-refractivity contribution is 7.15. The number of para-hydroxylation sites is 1. The number of carbonyl (C=O) groups is 1. The normalized spacial score (nSPS) is 10.2. The Morgan fingerprint density at radius 1 is 1.35 bits per heavy atom. The van der Waals surface area contributed by atoms with Gasteiger partial charge in [0.05, 0.1) is 16.9 Å². The van der Waals surface area contributed by atoms with Gasteiger partial charge in [0.25, 0.3) is 0 Å². The number of nitrogens with one attached hydrogen (secondary N) is 1. The Balaban J connectivity index is 2.33. The van der Waals surface area contributed by atoms with Crippen LogP contribution in [0.15, 0.2) is 24.3 Å². The summed E-state index contributed by atoms with van der Waals surface area (Å²) in [5.41, 5.74) is 1.78. The molecule has 2 N–H and O–H groups in total. The van der Waals surface area contributed by atoms with Gasteiger partial charge < -0.3 is 10.4 Å². The highest BCUT2D eigenvalue weighted by Crippen LogP contribution is 2.26. The van der Waals surface area contributed by atoms with Gasteiger partial charge in [-0.3, -0.25) is 0 Å². The van der Waals surface area contributed by atoms with Gasteiger partial charge >= 0.3 is 5.97 Å². The quantitative estimate of drug-likeness (QED) is 0.875. The van der Waals surface area contributed by atoms with Crippen LogP contribution in [0.2, 0.25) is 0 Å². The van der Waals surface area contributed by atoms with E-state index >= 15 is 0 Å². The SMILES string of the molecule is Cc1nc(Nc2ccccc2C(=O)O)sc1C. The molecule has 2 rings (SSSR count). The number of hydrogen-bond donors (Lipinski definition) is 2. The van der Waals surface area contributed by atoms with E-state index < -0.39 is 5.97 Å². The predicted molar refractivity (Wildman–Crippen MR) is 68.3 cm³/mol. The molecule has 0 atom stereocenters. The van der Waals surface area contributed by atoms with Crippen molar-refractivity contribution < 1.29 is 9.90 Å². The molecule has 1 aromatic heterocycles. The monoisotopic (exact) mass is 248 g/mol. The van der Waals surface area contributed by atoms with Crippen molar-refractivity contribution in [1.29, 1.82) is 0 Å². The van der Waals surface area contributed by atoms with Gasteiger partial charge in [-0.05, 0) is 26.0 Å². The fourth-order valence-electron chi connectivity index (χ4n) is 1.42. The topological polar surface area (TPSA) is 62.2 Å². The third-order valence-corrected chi connectivity index (χ3v) is 3.42. The van der Waals surface area contributed by atoms with Crippen molar-refractivity contribution in [3.63, 3.8) is 0 Å². The average molecular weight is 248 g/mol. The molecule has 0 bridgehead atoms. The molecule has 0 fully saturated rings. The van der Waals surface area contributed by atoms with E-state index in [2.05, 4.69) is 10.3 Å². The minimum absolute atomic E-state index is 0.248. The lowest BCUT2D eigenvalue weighted by molar-refractivity contribution is 0.0698. The molecular formula is C12H12N2O2S. The maximum absolute atomic E-state index is 11.0. The van der Waals surface area contributed by atoms with Crippen LogP contribution in [0.5, 0.6) is 0 Å². The highest BCUT2D eigenvalue weighted by Gasteiger charge is 2.11. The summed E-state index contributed by atoms with van der Waals surface area (Å²) in [5.74, 6) is -0.946. The van der Waals surface area contributed by atoms with Gasteiger partial charge in [-0.15, -0.1) is 11.3 Å². The molecule has 0 spiro atoms. The Kier molecular flexibility index (Phi) is 3.10. The van der Waals surface area contributed by atoms with E-state index in [0.717, 1.165) is 10.6 Å². The Morgan fingerprint density at radius 2 is 2.06 bits per heavy atom. The first kappa shape index (κ1) is 11.6. The molecular weight excluding hydrogens is 236 g/mol. The Labute approximate surface area is 103 Å². The fourth-order valence-corrected chi connectivity index (χ4v) is 2.25. The second kappa shape index (κ2) is 4.55. The van der Waals surface area contributed by atoms with Crippen molar-refractivity contribution in [1.82, 2.24) is 4.98 Å². The smallest absolute Gasteiger partial charge is 0.337 e. The van der Waals surface area contributed by atoms with E-state index in [0.29, 0.717) is 10.8 Å². The lowest BCUT2D eigenvalue weighted by Crippen LogP contribution is -2.02. The fraction of sp³-hybridized carbons (Fsp3) is 0.167. The van der Waals surface area contributed by atoms with Crippen LogP contribution in [0, 0.1) is 13.8 Å². The minimum Gasteiger partial charge on any atom is -0.478 e. The summed E-state index contributed by atoms with van der Waals surface area (Å²) in [6, 6.07) is 6.79. The van der Waals surface area contributed by atoms with Crippen molar-refractivity contribution in [2.75, 3.05) is 5.32 Å². The van der Waals surface area contributed by atoms with Crippen LogP contribution in [0.4, 0.5) is 10.8 Å². The van der Waals surface area contributed by atoms with E-state index in [4.69, 9.17) is 5.11 Å². The Hall–Kier alpha value is -1.88. The molecule has 88 valence electrons. The second-order valence-corrected chi connectivity index (χ2v) is 4.84. The van der Waals surface area contributed by atoms with Crippen molar-refractivity contribution >= 4 is 28.1 Å². The van der Waals surface area contributed by atoms with Gasteiger partial charge in [0.15, 0.2) is 5.13 Å². The minimum atomic E-state index is -0.946. The third kappa shape index (κ3) is 2.45. The molecule has 0 unspecified atom stereocenters. The average Bonchev–Trinajstić information content (AvgIpc) is 2.58. The maximum Gasteiger partial charge on any atom is 0.337 e. The van der Waals surface area contributed by atoms with Gasteiger partial charge in [0.1, 0.15) is 0 Å².